The van der Waals surface area contributed by atoms with Crippen LogP contribution in [0.15, 0.2) is 59.1 Å². The summed E-state index contributed by atoms with van der Waals surface area (Å²) in [7, 11) is -2.27. The lowest BCUT2D eigenvalue weighted by molar-refractivity contribution is -0.121. The van der Waals surface area contributed by atoms with E-state index < -0.39 is 15.8 Å². The Morgan fingerprint density at radius 2 is 1.87 bits per heavy atom. The molecule has 7 nitrogen and oxygen atoms in total. The number of amides is 1. The van der Waals surface area contributed by atoms with Gasteiger partial charge in [-0.1, -0.05) is 0 Å². The maximum absolute atomic E-state index is 13.0. The zero-order valence-corrected chi connectivity index (χ0v) is 17.9. The zero-order chi connectivity index (χ0) is 21.6. The molecule has 1 amide bonds. The van der Waals surface area contributed by atoms with E-state index in [0.29, 0.717) is 13.0 Å². The first-order valence-electron chi connectivity index (χ1n) is 9.19. The van der Waals surface area contributed by atoms with Gasteiger partial charge in [0.25, 0.3) is 0 Å². The Morgan fingerprint density at radius 3 is 2.57 bits per heavy atom. The highest BCUT2D eigenvalue weighted by Gasteiger charge is 2.20. The highest BCUT2D eigenvalue weighted by molar-refractivity contribution is 7.89. The van der Waals surface area contributed by atoms with Crippen molar-refractivity contribution in [3.05, 3.63) is 65.0 Å². The van der Waals surface area contributed by atoms with Crippen molar-refractivity contribution >= 4 is 27.3 Å². The smallest absolute Gasteiger partial charge is 0.242 e. The Hall–Kier alpha value is -2.69. The third-order valence-corrected chi connectivity index (χ3v) is 7.08. The molecule has 0 aliphatic heterocycles. The Labute approximate surface area is 178 Å². The van der Waals surface area contributed by atoms with Crippen LogP contribution in [-0.2, 0) is 21.4 Å². The lowest BCUT2D eigenvalue weighted by atomic mass is 10.2. The fraction of sp³-hybridized carbons (Fsp3) is 0.250. The summed E-state index contributed by atoms with van der Waals surface area (Å²) in [5, 5.41) is 5.51. The highest BCUT2D eigenvalue weighted by atomic mass is 32.2. The molecule has 0 saturated carbocycles. The van der Waals surface area contributed by atoms with Gasteiger partial charge in [0, 0.05) is 43.4 Å². The van der Waals surface area contributed by atoms with Gasteiger partial charge in [0.2, 0.25) is 15.9 Å². The minimum Gasteiger partial charge on any atom is -0.350 e. The number of sulfonamides is 1. The van der Waals surface area contributed by atoms with Crippen LogP contribution in [0.4, 0.5) is 4.39 Å². The van der Waals surface area contributed by atoms with Crippen molar-refractivity contribution in [2.24, 2.45) is 0 Å². The van der Waals surface area contributed by atoms with E-state index in [1.807, 2.05) is 17.5 Å². The minimum absolute atomic E-state index is 0.0182. The Morgan fingerprint density at radius 1 is 1.17 bits per heavy atom. The molecule has 158 valence electrons. The summed E-state index contributed by atoms with van der Waals surface area (Å²) in [5.74, 6) is -0.676. The van der Waals surface area contributed by atoms with E-state index in [9.17, 15) is 17.6 Å². The minimum atomic E-state index is -3.71. The first-order valence-corrected chi connectivity index (χ1v) is 11.5. The SMILES string of the molecule is CN(CCCC(=O)NCc1nc(-c2ccncc2)cs1)S(=O)(=O)c1ccc(F)cc1. The second-order valence-corrected chi connectivity index (χ2v) is 9.51. The van der Waals surface area contributed by atoms with Crippen LogP contribution >= 0.6 is 11.3 Å². The molecule has 1 aromatic carbocycles. The first kappa shape index (κ1) is 22.0. The number of hydrogen-bond donors (Lipinski definition) is 1. The molecule has 3 rings (SSSR count). The molecule has 3 aromatic rings. The van der Waals surface area contributed by atoms with Gasteiger partial charge in [-0.15, -0.1) is 11.3 Å². The third-order valence-electron chi connectivity index (χ3n) is 4.36. The number of nitrogens with one attached hydrogen (secondary N) is 1. The van der Waals surface area contributed by atoms with Crippen molar-refractivity contribution in [2.75, 3.05) is 13.6 Å². The van der Waals surface area contributed by atoms with E-state index in [0.717, 1.165) is 32.7 Å². The average Bonchev–Trinajstić information content (AvgIpc) is 3.22. The quantitative estimate of drug-likeness (QED) is 0.543. The van der Waals surface area contributed by atoms with E-state index in [1.165, 1.54) is 30.5 Å². The van der Waals surface area contributed by atoms with Gasteiger partial charge >= 0.3 is 0 Å². The highest BCUT2D eigenvalue weighted by Crippen LogP contribution is 2.21. The van der Waals surface area contributed by atoms with Crippen molar-refractivity contribution in [3.8, 4) is 11.3 Å². The lowest BCUT2D eigenvalue weighted by Crippen LogP contribution is -2.29. The largest absolute Gasteiger partial charge is 0.350 e. The van der Waals surface area contributed by atoms with Crippen molar-refractivity contribution in [1.29, 1.82) is 0 Å². The summed E-state index contributed by atoms with van der Waals surface area (Å²) in [6.45, 7) is 0.495. The zero-order valence-electron chi connectivity index (χ0n) is 16.3. The van der Waals surface area contributed by atoms with Crippen LogP contribution in [0.25, 0.3) is 11.3 Å². The summed E-state index contributed by atoms with van der Waals surface area (Å²) < 4.78 is 39.0. The van der Waals surface area contributed by atoms with Gasteiger partial charge in [0.1, 0.15) is 10.8 Å². The van der Waals surface area contributed by atoms with Crippen molar-refractivity contribution in [3.63, 3.8) is 0 Å². The van der Waals surface area contributed by atoms with Gasteiger partial charge in [-0.2, -0.15) is 0 Å². The molecule has 0 saturated heterocycles. The number of benzene rings is 1. The summed E-state index contributed by atoms with van der Waals surface area (Å²) in [6, 6.07) is 8.39. The Bertz CT molecular complexity index is 1090. The van der Waals surface area contributed by atoms with E-state index >= 15 is 0 Å². The summed E-state index contributed by atoms with van der Waals surface area (Å²) in [4.78, 5) is 20.6. The second kappa shape index (κ2) is 9.88. The van der Waals surface area contributed by atoms with Gasteiger partial charge in [-0.25, -0.2) is 22.1 Å². The number of halogens is 1. The van der Waals surface area contributed by atoms with Gasteiger partial charge in [-0.05, 0) is 42.8 Å². The number of carbonyl (C=O) groups excluding carboxylic acids is 1. The van der Waals surface area contributed by atoms with Crippen LogP contribution in [0.3, 0.4) is 0 Å². The van der Waals surface area contributed by atoms with Crippen LogP contribution in [-0.4, -0.2) is 42.2 Å². The fourth-order valence-corrected chi connectivity index (χ4v) is 4.63. The summed E-state index contributed by atoms with van der Waals surface area (Å²) in [5.41, 5.74) is 1.79. The van der Waals surface area contributed by atoms with Crippen LogP contribution in [0, 0.1) is 5.82 Å². The molecule has 0 atom stereocenters. The van der Waals surface area contributed by atoms with Gasteiger partial charge < -0.3 is 5.32 Å². The number of hydrogen-bond acceptors (Lipinski definition) is 6. The maximum Gasteiger partial charge on any atom is 0.242 e. The number of rotatable bonds is 9. The third kappa shape index (κ3) is 5.68. The summed E-state index contributed by atoms with van der Waals surface area (Å²) >= 11 is 1.46. The van der Waals surface area contributed by atoms with Crippen LogP contribution in [0.5, 0.6) is 0 Å². The van der Waals surface area contributed by atoms with E-state index in [-0.39, 0.29) is 23.8 Å². The Balaban J connectivity index is 1.44. The molecule has 0 radical (unpaired) electrons. The predicted molar refractivity (Wildman–Crippen MR) is 113 cm³/mol. The van der Waals surface area contributed by atoms with Gasteiger partial charge in [0.05, 0.1) is 17.1 Å². The predicted octanol–water partition coefficient (Wildman–Crippen LogP) is 3.06. The van der Waals surface area contributed by atoms with Crippen molar-refractivity contribution in [2.45, 2.75) is 24.3 Å². The fourth-order valence-electron chi connectivity index (χ4n) is 2.68. The molecule has 30 heavy (non-hydrogen) atoms. The lowest BCUT2D eigenvalue weighted by Gasteiger charge is -2.17. The normalized spacial score (nSPS) is 11.6. The molecular weight excluding hydrogens is 427 g/mol. The van der Waals surface area contributed by atoms with E-state index in [2.05, 4.69) is 15.3 Å². The monoisotopic (exact) mass is 448 g/mol. The number of aromatic nitrogens is 2. The van der Waals surface area contributed by atoms with Gasteiger partial charge in [-0.3, -0.25) is 9.78 Å². The van der Waals surface area contributed by atoms with Crippen molar-refractivity contribution in [1.82, 2.24) is 19.6 Å². The van der Waals surface area contributed by atoms with Crippen LogP contribution < -0.4 is 5.32 Å². The molecule has 0 unspecified atom stereocenters. The second-order valence-electron chi connectivity index (χ2n) is 6.52. The number of pyridine rings is 1. The summed E-state index contributed by atoms with van der Waals surface area (Å²) in [6.07, 6.45) is 3.95. The standard InChI is InChI=1S/C20H21FN4O3S2/c1-25(30(27,28)17-6-4-16(21)5-7-17)12-2-3-19(26)23-13-20-24-18(14-29-20)15-8-10-22-11-9-15/h4-11,14H,2-3,12-13H2,1H3,(H,23,26). The number of thiazole rings is 1. The topological polar surface area (TPSA) is 92.3 Å². The molecule has 0 fully saturated rings. The first-order chi connectivity index (χ1) is 14.4. The molecule has 0 aliphatic rings. The maximum atomic E-state index is 13.0. The van der Waals surface area contributed by atoms with Crippen molar-refractivity contribution < 1.29 is 17.6 Å². The number of carbonyl (C=O) groups is 1. The average molecular weight is 449 g/mol. The van der Waals surface area contributed by atoms with Gasteiger partial charge in [0.15, 0.2) is 0 Å². The molecular formula is C20H21FN4O3S2. The van der Waals surface area contributed by atoms with Crippen LogP contribution in [0.2, 0.25) is 0 Å². The Kier molecular flexibility index (Phi) is 7.24. The molecule has 0 spiro atoms. The molecule has 0 bridgehead atoms. The molecule has 1 N–H and O–H groups in total. The van der Waals surface area contributed by atoms with E-state index in [4.69, 9.17) is 0 Å². The molecule has 10 heteroatoms. The molecule has 2 aromatic heterocycles. The molecule has 2 heterocycles. The number of nitrogens with zero attached hydrogens (tertiary/aromatic N) is 3. The molecule has 0 aliphatic carbocycles. The van der Waals surface area contributed by atoms with E-state index in [1.54, 1.807) is 12.4 Å². The van der Waals surface area contributed by atoms with Crippen LogP contribution in [0.1, 0.15) is 17.8 Å².